The summed E-state index contributed by atoms with van der Waals surface area (Å²) in [5.41, 5.74) is 2.81. The summed E-state index contributed by atoms with van der Waals surface area (Å²) in [4.78, 5) is 14.0. The van der Waals surface area contributed by atoms with Gasteiger partial charge in [0.05, 0.1) is 16.5 Å². The minimum Gasteiger partial charge on any atom is -0.345 e. The minimum absolute atomic E-state index is 0.0664. The molecule has 0 radical (unpaired) electrons. The van der Waals surface area contributed by atoms with Gasteiger partial charge < -0.3 is 5.32 Å². The summed E-state index contributed by atoms with van der Waals surface area (Å²) in [6.45, 7) is 1.88. The Morgan fingerprint density at radius 3 is 2.54 bits per heavy atom. The molecule has 1 amide bonds. The molecule has 1 aromatic heterocycles. The number of hydrogen-bond acceptors (Lipinski definition) is 4. The van der Waals surface area contributed by atoms with Gasteiger partial charge in [-0.05, 0) is 55.9 Å². The van der Waals surface area contributed by atoms with Gasteiger partial charge in [-0.2, -0.15) is 0 Å². The number of carbonyl (C=O) groups excluding carboxylic acids is 1. The lowest BCUT2D eigenvalue weighted by atomic mass is 9.95. The number of amides is 1. The SMILES string of the molecule is C[C@@H](NC(=O)c1csc2c1CCCC2)c1ccc(S(N)(=O)=O)cc1. The summed E-state index contributed by atoms with van der Waals surface area (Å²) in [5.74, 6) is -0.0718. The number of carbonyl (C=O) groups is 1. The van der Waals surface area contributed by atoms with Crippen molar-refractivity contribution in [2.75, 3.05) is 0 Å². The van der Waals surface area contributed by atoms with Crippen LogP contribution in [0, 0.1) is 0 Å². The van der Waals surface area contributed by atoms with E-state index in [1.807, 2.05) is 12.3 Å². The molecule has 7 heteroatoms. The number of thiophene rings is 1. The summed E-state index contributed by atoms with van der Waals surface area (Å²) < 4.78 is 22.6. The molecule has 128 valence electrons. The number of rotatable bonds is 4. The highest BCUT2D eigenvalue weighted by atomic mass is 32.2. The highest BCUT2D eigenvalue weighted by Gasteiger charge is 2.21. The van der Waals surface area contributed by atoms with Crippen LogP contribution >= 0.6 is 11.3 Å². The molecule has 5 nitrogen and oxygen atoms in total. The molecular formula is C17H20N2O3S2. The molecule has 3 N–H and O–H groups in total. The van der Waals surface area contributed by atoms with Crippen LogP contribution in [0.4, 0.5) is 0 Å². The fourth-order valence-electron chi connectivity index (χ4n) is 2.99. The van der Waals surface area contributed by atoms with Gasteiger partial charge in [-0.15, -0.1) is 11.3 Å². The van der Waals surface area contributed by atoms with E-state index in [9.17, 15) is 13.2 Å². The van der Waals surface area contributed by atoms with Crippen LogP contribution in [0.25, 0.3) is 0 Å². The van der Waals surface area contributed by atoms with Crippen molar-refractivity contribution in [1.29, 1.82) is 0 Å². The molecule has 1 aliphatic rings. The lowest BCUT2D eigenvalue weighted by Gasteiger charge is -2.16. The van der Waals surface area contributed by atoms with Crippen LogP contribution in [0.1, 0.15) is 52.2 Å². The maximum atomic E-state index is 12.6. The van der Waals surface area contributed by atoms with Crippen LogP contribution in [0.15, 0.2) is 34.5 Å². The Hall–Kier alpha value is -1.70. The van der Waals surface area contributed by atoms with E-state index in [1.165, 1.54) is 29.0 Å². The third kappa shape index (κ3) is 3.53. The number of nitrogens with two attached hydrogens (primary N) is 1. The maximum Gasteiger partial charge on any atom is 0.252 e. The van der Waals surface area contributed by atoms with Crippen molar-refractivity contribution in [3.63, 3.8) is 0 Å². The molecule has 0 bridgehead atoms. The Balaban J connectivity index is 1.73. The summed E-state index contributed by atoms with van der Waals surface area (Å²) in [5, 5.41) is 10.0. The van der Waals surface area contributed by atoms with Gasteiger partial charge in [-0.3, -0.25) is 4.79 Å². The molecule has 1 aromatic carbocycles. The van der Waals surface area contributed by atoms with Crippen LogP contribution in [-0.4, -0.2) is 14.3 Å². The van der Waals surface area contributed by atoms with Crippen LogP contribution in [-0.2, 0) is 22.9 Å². The first-order valence-corrected chi connectivity index (χ1v) is 10.3. The third-order valence-electron chi connectivity index (χ3n) is 4.36. The number of nitrogens with one attached hydrogen (secondary N) is 1. The van der Waals surface area contributed by atoms with Crippen molar-refractivity contribution in [1.82, 2.24) is 5.32 Å². The van der Waals surface area contributed by atoms with Crippen molar-refractivity contribution in [2.24, 2.45) is 5.14 Å². The summed E-state index contributed by atoms with van der Waals surface area (Å²) in [6, 6.07) is 6.05. The third-order valence-corrected chi connectivity index (χ3v) is 6.38. The average Bonchev–Trinajstić information content (AvgIpc) is 2.98. The van der Waals surface area contributed by atoms with Crippen LogP contribution in [0.3, 0.4) is 0 Å². The molecule has 24 heavy (non-hydrogen) atoms. The predicted molar refractivity (Wildman–Crippen MR) is 94.7 cm³/mol. The van der Waals surface area contributed by atoms with Gasteiger partial charge in [0.2, 0.25) is 10.0 Å². The lowest BCUT2D eigenvalue weighted by molar-refractivity contribution is 0.0939. The van der Waals surface area contributed by atoms with E-state index in [1.54, 1.807) is 23.5 Å². The molecule has 0 unspecified atom stereocenters. The Bertz CT molecular complexity index is 854. The molecule has 2 aromatic rings. The Kier molecular flexibility index (Phi) is 4.76. The Morgan fingerprint density at radius 2 is 1.88 bits per heavy atom. The standard InChI is InChI=1S/C17H20N2O3S2/c1-11(12-6-8-13(9-7-12)24(18,21)22)19-17(20)15-10-23-16-5-3-2-4-14(15)16/h6-11H,2-5H2,1H3,(H,19,20)(H2,18,21,22)/t11-/m1/s1. The molecule has 3 rings (SSSR count). The van der Waals surface area contributed by atoms with Crippen molar-refractivity contribution in [2.45, 2.75) is 43.5 Å². The predicted octanol–water partition coefficient (Wildman–Crippen LogP) is 2.77. The van der Waals surface area contributed by atoms with E-state index in [0.717, 1.165) is 30.4 Å². The summed E-state index contributed by atoms with van der Waals surface area (Å²) >= 11 is 1.67. The van der Waals surface area contributed by atoms with E-state index in [2.05, 4.69) is 5.32 Å². The number of aryl methyl sites for hydroxylation is 1. The summed E-state index contributed by atoms with van der Waals surface area (Å²) in [6.07, 6.45) is 4.37. The highest BCUT2D eigenvalue weighted by Crippen LogP contribution is 2.30. The quantitative estimate of drug-likeness (QED) is 0.874. The van der Waals surface area contributed by atoms with Gasteiger partial charge in [-0.1, -0.05) is 12.1 Å². The van der Waals surface area contributed by atoms with Gasteiger partial charge in [0.1, 0.15) is 0 Å². The number of hydrogen-bond donors (Lipinski definition) is 2. The molecule has 1 atom stereocenters. The topological polar surface area (TPSA) is 89.3 Å². The first-order valence-electron chi connectivity index (χ1n) is 7.89. The zero-order valence-corrected chi connectivity index (χ0v) is 15.0. The van der Waals surface area contributed by atoms with Gasteiger partial charge in [0, 0.05) is 10.3 Å². The number of sulfonamides is 1. The van der Waals surface area contributed by atoms with Crippen molar-refractivity contribution in [3.05, 3.63) is 51.2 Å². The van der Waals surface area contributed by atoms with E-state index in [-0.39, 0.29) is 16.8 Å². The number of benzene rings is 1. The first-order chi connectivity index (χ1) is 11.4. The van der Waals surface area contributed by atoms with Crippen molar-refractivity contribution in [3.8, 4) is 0 Å². The lowest BCUT2D eigenvalue weighted by Crippen LogP contribution is -2.27. The molecule has 1 aliphatic carbocycles. The Labute approximate surface area is 145 Å². The fourth-order valence-corrected chi connectivity index (χ4v) is 4.63. The molecule has 0 aliphatic heterocycles. The fraction of sp³-hybridized carbons (Fsp3) is 0.353. The highest BCUT2D eigenvalue weighted by molar-refractivity contribution is 7.89. The van der Waals surface area contributed by atoms with Crippen molar-refractivity contribution < 1.29 is 13.2 Å². The van der Waals surface area contributed by atoms with Crippen LogP contribution in [0.2, 0.25) is 0 Å². The van der Waals surface area contributed by atoms with Crippen LogP contribution in [0.5, 0.6) is 0 Å². The van der Waals surface area contributed by atoms with E-state index in [0.29, 0.717) is 0 Å². The molecule has 0 saturated carbocycles. The number of primary sulfonamides is 1. The van der Waals surface area contributed by atoms with E-state index in [4.69, 9.17) is 5.14 Å². The second-order valence-corrected chi connectivity index (χ2v) is 8.59. The second-order valence-electron chi connectivity index (χ2n) is 6.07. The Morgan fingerprint density at radius 1 is 1.21 bits per heavy atom. The minimum atomic E-state index is -3.70. The molecular weight excluding hydrogens is 344 g/mol. The number of fused-ring (bicyclic) bond motifs is 1. The molecule has 0 saturated heterocycles. The van der Waals surface area contributed by atoms with Crippen LogP contribution < -0.4 is 10.5 Å². The molecule has 0 spiro atoms. The van der Waals surface area contributed by atoms with Gasteiger partial charge in [0.25, 0.3) is 5.91 Å². The summed E-state index contributed by atoms with van der Waals surface area (Å²) in [7, 11) is -3.70. The van der Waals surface area contributed by atoms with E-state index < -0.39 is 10.0 Å². The zero-order chi connectivity index (χ0) is 17.3. The largest absolute Gasteiger partial charge is 0.345 e. The average molecular weight is 364 g/mol. The smallest absolute Gasteiger partial charge is 0.252 e. The van der Waals surface area contributed by atoms with Crippen molar-refractivity contribution >= 4 is 27.3 Å². The van der Waals surface area contributed by atoms with Gasteiger partial charge in [-0.25, -0.2) is 13.6 Å². The zero-order valence-electron chi connectivity index (χ0n) is 13.4. The molecule has 1 heterocycles. The normalized spacial score (nSPS) is 15.6. The van der Waals surface area contributed by atoms with Gasteiger partial charge in [0.15, 0.2) is 0 Å². The maximum absolute atomic E-state index is 12.6. The monoisotopic (exact) mass is 364 g/mol. The molecule has 0 fully saturated rings. The second kappa shape index (κ2) is 6.66. The first kappa shape index (κ1) is 17.1. The van der Waals surface area contributed by atoms with E-state index >= 15 is 0 Å². The van der Waals surface area contributed by atoms with Gasteiger partial charge >= 0.3 is 0 Å².